The summed E-state index contributed by atoms with van der Waals surface area (Å²) in [6, 6.07) is 0.439. The first kappa shape index (κ1) is 9.96. The summed E-state index contributed by atoms with van der Waals surface area (Å²) < 4.78 is 1.68. The smallest absolute Gasteiger partial charge is 0.136 e. The first-order valence-corrected chi connectivity index (χ1v) is 5.86. The van der Waals surface area contributed by atoms with Gasteiger partial charge in [-0.1, -0.05) is 5.21 Å². The molecule has 86 valence electrons. The van der Waals surface area contributed by atoms with Gasteiger partial charge in [0.05, 0.1) is 6.04 Å². The minimum Gasteiger partial charge on any atom is -0.305 e. The number of nitrogens with one attached hydrogen (secondary N) is 1. The Hall–Kier alpha value is -1.23. The maximum absolute atomic E-state index is 11.7. The highest BCUT2D eigenvalue weighted by atomic mass is 16.1. The minimum absolute atomic E-state index is 0.0700. The van der Waals surface area contributed by atoms with E-state index in [1.165, 1.54) is 12.8 Å². The molecule has 1 saturated carbocycles. The molecule has 0 aromatic carbocycles. The molecule has 5 nitrogen and oxygen atoms in total. The van der Waals surface area contributed by atoms with Gasteiger partial charge in [-0.25, -0.2) is 0 Å². The van der Waals surface area contributed by atoms with Gasteiger partial charge in [0.15, 0.2) is 0 Å². The Morgan fingerprint density at radius 2 is 2.25 bits per heavy atom. The largest absolute Gasteiger partial charge is 0.305 e. The third-order valence-electron chi connectivity index (χ3n) is 3.46. The Balaban J connectivity index is 1.76. The molecule has 1 saturated heterocycles. The van der Waals surface area contributed by atoms with E-state index < -0.39 is 0 Å². The summed E-state index contributed by atoms with van der Waals surface area (Å²) in [5, 5.41) is 11.5. The number of aryl methyl sites for hydroxylation is 1. The fraction of sp³-hybridized carbons (Fsp3) is 0.727. The number of piperidine rings is 1. The standard InChI is InChI=1S/C11H16N4O/c1-15-6-11(13-14-15)10-5-8(16)4-9(12-10)7-2-3-7/h6-7,9-10,12H,2-5H2,1H3/t9-,10+/m1/s1. The van der Waals surface area contributed by atoms with Crippen molar-refractivity contribution in [3.63, 3.8) is 0 Å². The Labute approximate surface area is 94.2 Å². The van der Waals surface area contributed by atoms with E-state index in [2.05, 4.69) is 15.6 Å². The van der Waals surface area contributed by atoms with Crippen LogP contribution >= 0.6 is 0 Å². The van der Waals surface area contributed by atoms with E-state index >= 15 is 0 Å². The summed E-state index contributed by atoms with van der Waals surface area (Å²) in [5.41, 5.74) is 0.890. The molecule has 2 atom stereocenters. The molecule has 2 heterocycles. The van der Waals surface area contributed by atoms with Crippen LogP contribution in [0, 0.1) is 5.92 Å². The van der Waals surface area contributed by atoms with E-state index in [1.54, 1.807) is 4.68 Å². The quantitative estimate of drug-likeness (QED) is 0.792. The predicted octanol–water partition coefficient (Wildman–Crippen LogP) is 0.587. The van der Waals surface area contributed by atoms with Crippen LogP contribution in [0.25, 0.3) is 0 Å². The first-order chi connectivity index (χ1) is 7.72. The maximum Gasteiger partial charge on any atom is 0.136 e. The molecule has 0 amide bonds. The van der Waals surface area contributed by atoms with Crippen molar-refractivity contribution in [3.8, 4) is 0 Å². The second kappa shape index (κ2) is 3.66. The van der Waals surface area contributed by atoms with Crippen molar-refractivity contribution in [2.75, 3.05) is 0 Å². The van der Waals surface area contributed by atoms with Crippen LogP contribution in [0.1, 0.15) is 37.4 Å². The van der Waals surface area contributed by atoms with Crippen LogP contribution in [0.3, 0.4) is 0 Å². The molecular weight excluding hydrogens is 204 g/mol. The van der Waals surface area contributed by atoms with Gasteiger partial charge in [0, 0.05) is 32.1 Å². The van der Waals surface area contributed by atoms with E-state index in [4.69, 9.17) is 0 Å². The number of rotatable bonds is 2. The zero-order valence-electron chi connectivity index (χ0n) is 9.39. The maximum atomic E-state index is 11.7. The van der Waals surface area contributed by atoms with Crippen molar-refractivity contribution in [3.05, 3.63) is 11.9 Å². The zero-order valence-corrected chi connectivity index (χ0v) is 9.39. The highest BCUT2D eigenvalue weighted by Crippen LogP contribution is 2.37. The Bertz CT molecular complexity index is 410. The summed E-state index contributed by atoms with van der Waals surface area (Å²) >= 11 is 0. The van der Waals surface area contributed by atoms with Crippen molar-refractivity contribution in [1.82, 2.24) is 20.3 Å². The second-order valence-electron chi connectivity index (χ2n) is 4.93. The summed E-state index contributed by atoms with van der Waals surface area (Å²) in [4.78, 5) is 11.7. The average molecular weight is 220 g/mol. The number of Topliss-reactive ketones (excluding diaryl/α,β-unsaturated/α-hetero) is 1. The van der Waals surface area contributed by atoms with Crippen LogP contribution in [-0.2, 0) is 11.8 Å². The fourth-order valence-corrected chi connectivity index (χ4v) is 2.45. The van der Waals surface area contributed by atoms with Gasteiger partial charge in [-0.15, -0.1) is 5.10 Å². The van der Waals surface area contributed by atoms with Crippen LogP contribution in [0.15, 0.2) is 6.20 Å². The van der Waals surface area contributed by atoms with Gasteiger partial charge in [-0.3, -0.25) is 9.48 Å². The zero-order chi connectivity index (χ0) is 11.1. The molecule has 1 aromatic heterocycles. The SMILES string of the molecule is Cn1cc([C@@H]2CC(=O)C[C@H](C3CC3)N2)nn1. The van der Waals surface area contributed by atoms with Gasteiger partial charge in [-0.05, 0) is 18.8 Å². The molecule has 0 radical (unpaired) electrons. The van der Waals surface area contributed by atoms with E-state index in [0.717, 1.165) is 5.69 Å². The number of ketones is 1. The van der Waals surface area contributed by atoms with Gasteiger partial charge in [0.1, 0.15) is 11.5 Å². The van der Waals surface area contributed by atoms with Crippen LogP contribution in [0.4, 0.5) is 0 Å². The highest BCUT2D eigenvalue weighted by molar-refractivity contribution is 5.80. The van der Waals surface area contributed by atoms with Gasteiger partial charge in [0.25, 0.3) is 0 Å². The van der Waals surface area contributed by atoms with Crippen molar-refractivity contribution < 1.29 is 4.79 Å². The predicted molar refractivity (Wildman–Crippen MR) is 57.6 cm³/mol. The van der Waals surface area contributed by atoms with Crippen molar-refractivity contribution in [2.24, 2.45) is 13.0 Å². The van der Waals surface area contributed by atoms with Crippen LogP contribution in [-0.4, -0.2) is 26.8 Å². The normalized spacial score (nSPS) is 30.7. The number of hydrogen-bond acceptors (Lipinski definition) is 4. The fourth-order valence-electron chi connectivity index (χ4n) is 2.45. The summed E-state index contributed by atoms with van der Waals surface area (Å²) in [7, 11) is 1.85. The molecule has 3 rings (SSSR count). The van der Waals surface area contributed by atoms with Gasteiger partial charge in [-0.2, -0.15) is 0 Å². The minimum atomic E-state index is 0.0700. The summed E-state index contributed by atoms with van der Waals surface area (Å²) in [5.74, 6) is 1.06. The first-order valence-electron chi connectivity index (χ1n) is 5.86. The number of aromatic nitrogens is 3. The molecule has 1 aromatic rings. The number of carbonyl (C=O) groups excluding carboxylic acids is 1. The lowest BCUT2D eigenvalue weighted by Crippen LogP contribution is -2.42. The molecule has 16 heavy (non-hydrogen) atoms. The Kier molecular flexibility index (Phi) is 2.28. The van der Waals surface area contributed by atoms with Crippen LogP contribution < -0.4 is 5.32 Å². The Morgan fingerprint density at radius 1 is 1.44 bits per heavy atom. The molecule has 1 aliphatic carbocycles. The van der Waals surface area contributed by atoms with Crippen LogP contribution in [0.2, 0.25) is 0 Å². The lowest BCUT2D eigenvalue weighted by molar-refractivity contribution is -0.121. The second-order valence-corrected chi connectivity index (χ2v) is 4.93. The lowest BCUT2D eigenvalue weighted by atomic mass is 9.93. The molecule has 2 fully saturated rings. The molecule has 0 spiro atoms. The third-order valence-corrected chi connectivity index (χ3v) is 3.46. The van der Waals surface area contributed by atoms with Crippen molar-refractivity contribution in [1.29, 1.82) is 0 Å². The van der Waals surface area contributed by atoms with Crippen LogP contribution in [0.5, 0.6) is 0 Å². The number of nitrogens with zero attached hydrogens (tertiary/aromatic N) is 3. The lowest BCUT2D eigenvalue weighted by Gasteiger charge is -2.29. The molecule has 0 bridgehead atoms. The highest BCUT2D eigenvalue weighted by Gasteiger charge is 2.38. The van der Waals surface area contributed by atoms with E-state index in [-0.39, 0.29) is 6.04 Å². The van der Waals surface area contributed by atoms with Crippen molar-refractivity contribution in [2.45, 2.75) is 37.8 Å². The topological polar surface area (TPSA) is 59.8 Å². The average Bonchev–Trinajstić information content (AvgIpc) is 3.01. The van der Waals surface area contributed by atoms with Gasteiger partial charge >= 0.3 is 0 Å². The Morgan fingerprint density at radius 3 is 2.88 bits per heavy atom. The number of carbonyl (C=O) groups is 1. The molecular formula is C11H16N4O. The summed E-state index contributed by atoms with van der Waals surface area (Å²) in [6.45, 7) is 0. The number of hydrogen-bond donors (Lipinski definition) is 1. The molecule has 2 aliphatic rings. The molecule has 5 heteroatoms. The third kappa shape index (κ3) is 1.87. The molecule has 1 N–H and O–H groups in total. The monoisotopic (exact) mass is 220 g/mol. The van der Waals surface area contributed by atoms with E-state index in [9.17, 15) is 4.79 Å². The van der Waals surface area contributed by atoms with E-state index in [0.29, 0.717) is 30.6 Å². The van der Waals surface area contributed by atoms with Gasteiger partial charge in [0.2, 0.25) is 0 Å². The van der Waals surface area contributed by atoms with Crippen molar-refractivity contribution >= 4 is 5.78 Å². The summed E-state index contributed by atoms with van der Waals surface area (Å²) in [6.07, 6.45) is 5.67. The van der Waals surface area contributed by atoms with Gasteiger partial charge < -0.3 is 5.32 Å². The molecule has 1 aliphatic heterocycles. The molecule has 0 unspecified atom stereocenters. The van der Waals surface area contributed by atoms with E-state index in [1.807, 2.05) is 13.2 Å².